The molecule has 5 heteroatoms. The molecule has 0 amide bonds. The number of rotatable bonds is 5. The third-order valence-corrected chi connectivity index (χ3v) is 3.51. The lowest BCUT2D eigenvalue weighted by molar-refractivity contribution is 0.616. The molecule has 2 N–H and O–H groups in total. The molecule has 1 heterocycles. The van der Waals surface area contributed by atoms with Crippen LogP contribution >= 0.6 is 11.3 Å². The fourth-order valence-corrected chi connectivity index (χ4v) is 2.69. The number of nitrogens with two attached hydrogens (primary N) is 1. The normalized spacial score (nSPS) is 12.4. The van der Waals surface area contributed by atoms with E-state index < -0.39 is 0 Å². The Kier molecular flexibility index (Phi) is 4.50. The van der Waals surface area contributed by atoms with E-state index in [1.807, 2.05) is 30.3 Å². The second-order valence-electron chi connectivity index (χ2n) is 4.76. The summed E-state index contributed by atoms with van der Waals surface area (Å²) in [5.41, 5.74) is 10.1. The first-order valence-corrected chi connectivity index (χ1v) is 7.13. The number of para-hydroxylation sites is 1. The van der Waals surface area contributed by atoms with Crippen LogP contribution in [0.15, 0.2) is 29.1 Å². The maximum absolute atomic E-state index is 14.1. The summed E-state index contributed by atoms with van der Waals surface area (Å²) in [6, 6.07) is 5.15. The Morgan fingerprint density at radius 3 is 2.89 bits per heavy atom. The number of benzene rings is 1. The van der Waals surface area contributed by atoms with E-state index in [0.29, 0.717) is 18.7 Å². The van der Waals surface area contributed by atoms with E-state index in [1.165, 1.54) is 6.07 Å². The van der Waals surface area contributed by atoms with Crippen LogP contribution < -0.4 is 10.6 Å². The van der Waals surface area contributed by atoms with Gasteiger partial charge in [0, 0.05) is 18.5 Å². The van der Waals surface area contributed by atoms with E-state index in [4.69, 9.17) is 5.73 Å². The molecule has 0 aliphatic heterocycles. The van der Waals surface area contributed by atoms with Gasteiger partial charge in [0.1, 0.15) is 5.82 Å². The van der Waals surface area contributed by atoms with E-state index in [1.54, 1.807) is 22.9 Å². The first-order valence-electron chi connectivity index (χ1n) is 6.19. The van der Waals surface area contributed by atoms with Crippen molar-refractivity contribution in [3.63, 3.8) is 0 Å². The van der Waals surface area contributed by atoms with Crippen molar-refractivity contribution in [1.29, 1.82) is 0 Å². The predicted molar refractivity (Wildman–Crippen MR) is 78.0 cm³/mol. The zero-order chi connectivity index (χ0) is 13.8. The fourth-order valence-electron chi connectivity index (χ4n) is 2.14. The minimum absolute atomic E-state index is 0.00761. The van der Waals surface area contributed by atoms with Gasteiger partial charge in [0.05, 0.1) is 23.4 Å². The van der Waals surface area contributed by atoms with Crippen molar-refractivity contribution in [2.75, 3.05) is 11.9 Å². The second-order valence-corrected chi connectivity index (χ2v) is 5.48. The van der Waals surface area contributed by atoms with E-state index >= 15 is 0 Å². The highest BCUT2D eigenvalue weighted by Gasteiger charge is 2.14. The first kappa shape index (κ1) is 14.0. The molecule has 19 heavy (non-hydrogen) atoms. The van der Waals surface area contributed by atoms with Crippen molar-refractivity contribution < 1.29 is 4.39 Å². The van der Waals surface area contributed by atoms with E-state index in [2.05, 4.69) is 4.98 Å². The molecular weight excluding hydrogens is 261 g/mol. The topological polar surface area (TPSA) is 42.1 Å². The zero-order valence-electron chi connectivity index (χ0n) is 11.1. The maximum Gasteiger partial charge on any atom is 0.146 e. The number of halogens is 1. The first-order chi connectivity index (χ1) is 9.08. The maximum atomic E-state index is 14.1. The Labute approximate surface area is 116 Å². The van der Waals surface area contributed by atoms with Gasteiger partial charge in [-0.25, -0.2) is 9.37 Å². The van der Waals surface area contributed by atoms with Gasteiger partial charge in [-0.3, -0.25) is 0 Å². The predicted octanol–water partition coefficient (Wildman–Crippen LogP) is 2.81. The summed E-state index contributed by atoms with van der Waals surface area (Å²) in [5.74, 6) is -0.212. The van der Waals surface area contributed by atoms with E-state index in [0.717, 1.165) is 11.3 Å². The highest BCUT2D eigenvalue weighted by molar-refractivity contribution is 7.07. The molecule has 3 nitrogen and oxygen atoms in total. The molecule has 0 saturated carbocycles. The van der Waals surface area contributed by atoms with Crippen LogP contribution in [0.1, 0.15) is 18.2 Å². The van der Waals surface area contributed by atoms with Crippen molar-refractivity contribution >= 4 is 17.0 Å². The van der Waals surface area contributed by atoms with E-state index in [9.17, 15) is 4.39 Å². The molecule has 0 radical (unpaired) electrons. The minimum atomic E-state index is -0.212. The molecule has 2 rings (SSSR count). The quantitative estimate of drug-likeness (QED) is 0.915. The number of thiazole rings is 1. The molecule has 102 valence electrons. The van der Waals surface area contributed by atoms with Crippen molar-refractivity contribution in [2.45, 2.75) is 25.9 Å². The summed E-state index contributed by atoms with van der Waals surface area (Å²) in [7, 11) is 1.88. The van der Waals surface area contributed by atoms with E-state index in [-0.39, 0.29) is 11.9 Å². The Hall–Kier alpha value is -1.46. The smallest absolute Gasteiger partial charge is 0.146 e. The van der Waals surface area contributed by atoms with Gasteiger partial charge >= 0.3 is 0 Å². The fraction of sp³-hybridized carbons (Fsp3) is 0.357. The summed E-state index contributed by atoms with van der Waals surface area (Å²) in [5, 5.41) is 1.97. The van der Waals surface area contributed by atoms with Gasteiger partial charge in [-0.2, -0.15) is 0 Å². The van der Waals surface area contributed by atoms with Gasteiger partial charge in [0.25, 0.3) is 0 Å². The SMILES string of the molecule is CC(N)Cc1cccc(F)c1N(C)Cc1cscn1. The van der Waals surface area contributed by atoms with Gasteiger partial charge in [0.15, 0.2) is 0 Å². The average Bonchev–Trinajstić information content (AvgIpc) is 2.80. The number of hydrogen-bond donors (Lipinski definition) is 1. The third-order valence-electron chi connectivity index (χ3n) is 2.88. The summed E-state index contributed by atoms with van der Waals surface area (Å²) in [4.78, 5) is 6.12. The molecule has 1 aromatic carbocycles. The molecule has 0 aliphatic rings. The van der Waals surface area contributed by atoms with Gasteiger partial charge in [-0.05, 0) is 25.0 Å². The largest absolute Gasteiger partial charge is 0.366 e. The Balaban J connectivity index is 2.26. The Morgan fingerprint density at radius 2 is 2.26 bits per heavy atom. The van der Waals surface area contributed by atoms with Crippen LogP contribution in [0.5, 0.6) is 0 Å². The van der Waals surface area contributed by atoms with Crippen LogP contribution in [0.3, 0.4) is 0 Å². The lowest BCUT2D eigenvalue weighted by Crippen LogP contribution is -2.23. The summed E-state index contributed by atoms with van der Waals surface area (Å²) in [6.07, 6.45) is 0.661. The van der Waals surface area contributed by atoms with Crippen LogP contribution in [0.25, 0.3) is 0 Å². The molecule has 0 bridgehead atoms. The van der Waals surface area contributed by atoms with Crippen molar-refractivity contribution in [3.05, 3.63) is 46.2 Å². The van der Waals surface area contributed by atoms with Gasteiger partial charge in [-0.15, -0.1) is 11.3 Å². The highest BCUT2D eigenvalue weighted by Crippen LogP contribution is 2.26. The van der Waals surface area contributed by atoms with Crippen molar-refractivity contribution in [3.8, 4) is 0 Å². The summed E-state index contributed by atoms with van der Waals surface area (Å²) in [6.45, 7) is 2.52. The molecule has 0 aliphatic carbocycles. The molecule has 0 saturated heterocycles. The molecule has 0 spiro atoms. The molecule has 1 aromatic heterocycles. The summed E-state index contributed by atoms with van der Waals surface area (Å²) >= 11 is 1.54. The number of hydrogen-bond acceptors (Lipinski definition) is 4. The number of nitrogens with zero attached hydrogens (tertiary/aromatic N) is 2. The van der Waals surface area contributed by atoms with Crippen molar-refractivity contribution in [2.24, 2.45) is 5.73 Å². The van der Waals surface area contributed by atoms with Gasteiger partial charge in [-0.1, -0.05) is 12.1 Å². The molecule has 1 atom stereocenters. The van der Waals surface area contributed by atoms with Crippen LogP contribution in [-0.2, 0) is 13.0 Å². The van der Waals surface area contributed by atoms with Crippen LogP contribution in [0, 0.1) is 5.82 Å². The second kappa shape index (κ2) is 6.12. The Bertz CT molecular complexity index is 525. The van der Waals surface area contributed by atoms with Crippen LogP contribution in [0.4, 0.5) is 10.1 Å². The number of anilines is 1. The number of aromatic nitrogens is 1. The monoisotopic (exact) mass is 279 g/mol. The standard InChI is InChI=1S/C14H18FN3S/c1-10(16)6-11-4-3-5-13(15)14(11)18(2)7-12-8-19-9-17-12/h3-5,8-10H,6-7,16H2,1-2H3. The van der Waals surface area contributed by atoms with Crippen LogP contribution in [0.2, 0.25) is 0 Å². The lowest BCUT2D eigenvalue weighted by Gasteiger charge is -2.23. The Morgan fingerprint density at radius 1 is 1.47 bits per heavy atom. The molecule has 0 fully saturated rings. The highest BCUT2D eigenvalue weighted by atomic mass is 32.1. The lowest BCUT2D eigenvalue weighted by atomic mass is 10.0. The average molecular weight is 279 g/mol. The molecule has 2 aromatic rings. The van der Waals surface area contributed by atoms with Crippen LogP contribution in [-0.4, -0.2) is 18.1 Å². The minimum Gasteiger partial charge on any atom is -0.366 e. The molecule has 1 unspecified atom stereocenters. The third kappa shape index (κ3) is 3.52. The summed E-state index contributed by atoms with van der Waals surface area (Å²) < 4.78 is 14.1. The molecular formula is C14H18FN3S. The zero-order valence-corrected chi connectivity index (χ0v) is 12.0. The van der Waals surface area contributed by atoms with Gasteiger partial charge in [0.2, 0.25) is 0 Å². The van der Waals surface area contributed by atoms with Gasteiger partial charge < -0.3 is 10.6 Å². The van der Waals surface area contributed by atoms with Crippen molar-refractivity contribution in [1.82, 2.24) is 4.98 Å².